The number of thioether (sulfide) groups is 1. The molecule has 0 aromatic heterocycles. The van der Waals surface area contributed by atoms with Crippen LogP contribution in [-0.2, 0) is 6.54 Å². The second-order valence-corrected chi connectivity index (χ2v) is 6.87. The van der Waals surface area contributed by atoms with Crippen molar-refractivity contribution in [2.24, 2.45) is 9.98 Å². The van der Waals surface area contributed by atoms with E-state index in [9.17, 15) is 4.39 Å². The Kier molecular flexibility index (Phi) is 4.16. The predicted molar refractivity (Wildman–Crippen MR) is 96.6 cm³/mol. The van der Waals surface area contributed by atoms with Crippen LogP contribution in [0, 0.1) is 5.82 Å². The molecule has 0 spiro atoms. The Labute approximate surface area is 148 Å². The van der Waals surface area contributed by atoms with Crippen LogP contribution in [0.2, 0.25) is 5.02 Å². The second-order valence-electron chi connectivity index (χ2n) is 5.50. The van der Waals surface area contributed by atoms with Crippen LogP contribution >= 0.6 is 23.4 Å². The van der Waals surface area contributed by atoms with Gasteiger partial charge in [0, 0.05) is 0 Å². The van der Waals surface area contributed by atoms with Crippen molar-refractivity contribution in [2.75, 3.05) is 6.54 Å². The lowest BCUT2D eigenvalue weighted by molar-refractivity contribution is 0.323. The van der Waals surface area contributed by atoms with Crippen molar-refractivity contribution >= 4 is 33.7 Å². The summed E-state index contributed by atoms with van der Waals surface area (Å²) in [5.74, 6) is -0.415. The third kappa shape index (κ3) is 2.99. The molecule has 1 saturated heterocycles. The molecule has 0 radical (unpaired) electrons. The fourth-order valence-electron chi connectivity index (χ4n) is 2.67. The summed E-state index contributed by atoms with van der Waals surface area (Å²) in [6.45, 7) is 1.17. The highest BCUT2D eigenvalue weighted by Crippen LogP contribution is 2.33. The van der Waals surface area contributed by atoms with Gasteiger partial charge in [0.05, 0.1) is 24.2 Å². The number of aliphatic imine (C=N–C) groups is 2. The van der Waals surface area contributed by atoms with Gasteiger partial charge in [-0.05, 0) is 35.0 Å². The van der Waals surface area contributed by atoms with Gasteiger partial charge in [-0.1, -0.05) is 48.0 Å². The average molecular weight is 361 g/mol. The van der Waals surface area contributed by atoms with Crippen LogP contribution < -0.4 is 5.43 Å². The molecule has 4 rings (SSSR count). The van der Waals surface area contributed by atoms with E-state index in [4.69, 9.17) is 11.6 Å². The maximum atomic E-state index is 13.2. The van der Waals surface area contributed by atoms with Gasteiger partial charge in [-0.15, -0.1) is 0 Å². The summed E-state index contributed by atoms with van der Waals surface area (Å²) < 4.78 is 13.2. The number of hydrogen-bond acceptors (Lipinski definition) is 4. The zero-order valence-electron chi connectivity index (χ0n) is 12.6. The van der Waals surface area contributed by atoms with Crippen molar-refractivity contribution in [1.82, 2.24) is 10.4 Å². The van der Waals surface area contributed by atoms with Crippen molar-refractivity contribution in [3.05, 3.63) is 70.5 Å². The fraction of sp³-hybridized carbons (Fsp3) is 0.176. The highest BCUT2D eigenvalue weighted by Gasteiger charge is 2.36. The SMILES string of the molecule is Fc1ccc(CN=C2NN3C(=NCC3c3ccccc3)S2)cc1Cl. The van der Waals surface area contributed by atoms with Crippen LogP contribution in [0.4, 0.5) is 4.39 Å². The maximum Gasteiger partial charge on any atom is 0.186 e. The van der Waals surface area contributed by atoms with E-state index in [1.165, 1.54) is 23.4 Å². The first-order valence-electron chi connectivity index (χ1n) is 7.52. The number of nitrogens with one attached hydrogen (secondary N) is 1. The molecule has 1 atom stereocenters. The van der Waals surface area contributed by atoms with Gasteiger partial charge in [0.15, 0.2) is 10.3 Å². The standard InChI is InChI=1S/C17H14ClFN4S/c18-13-8-11(6-7-14(13)19)9-20-16-22-23-15(10-21-17(23)24-16)12-4-2-1-3-5-12/h1-8,15H,9-10H2,(H,20,22). The third-order valence-corrected chi connectivity index (χ3v) is 5.11. The zero-order chi connectivity index (χ0) is 16.5. The van der Waals surface area contributed by atoms with E-state index in [0.717, 1.165) is 22.4 Å². The number of hydrazine groups is 1. The van der Waals surface area contributed by atoms with Gasteiger partial charge in [-0.2, -0.15) is 0 Å². The van der Waals surface area contributed by atoms with Gasteiger partial charge < -0.3 is 0 Å². The van der Waals surface area contributed by atoms with Crippen molar-refractivity contribution in [2.45, 2.75) is 12.6 Å². The molecule has 1 N–H and O–H groups in total. The number of fused-ring (bicyclic) bond motifs is 1. The maximum absolute atomic E-state index is 13.2. The number of nitrogens with zero attached hydrogens (tertiary/aromatic N) is 3. The first-order valence-corrected chi connectivity index (χ1v) is 8.71. The van der Waals surface area contributed by atoms with Gasteiger partial charge in [-0.3, -0.25) is 20.4 Å². The van der Waals surface area contributed by atoms with Crippen molar-refractivity contribution in [1.29, 1.82) is 0 Å². The molecule has 2 aliphatic rings. The Hall–Kier alpha value is -2.05. The molecule has 2 aliphatic heterocycles. The van der Waals surface area contributed by atoms with Crippen LogP contribution in [-0.4, -0.2) is 21.9 Å². The number of halogens is 2. The Morgan fingerprint density at radius 3 is 2.92 bits per heavy atom. The molecule has 0 amide bonds. The molecule has 1 unspecified atom stereocenters. The molecule has 0 aliphatic carbocycles. The van der Waals surface area contributed by atoms with E-state index in [-0.39, 0.29) is 11.1 Å². The van der Waals surface area contributed by atoms with Crippen molar-refractivity contribution < 1.29 is 4.39 Å². The van der Waals surface area contributed by atoms with E-state index in [0.29, 0.717) is 6.54 Å². The fourth-order valence-corrected chi connectivity index (χ4v) is 3.73. The molecule has 24 heavy (non-hydrogen) atoms. The van der Waals surface area contributed by atoms with Crippen molar-refractivity contribution in [3.63, 3.8) is 0 Å². The van der Waals surface area contributed by atoms with E-state index < -0.39 is 5.82 Å². The molecule has 2 aromatic rings. The Balaban J connectivity index is 1.47. The van der Waals surface area contributed by atoms with Crippen molar-refractivity contribution in [3.8, 4) is 0 Å². The third-order valence-electron chi connectivity index (χ3n) is 3.89. The Morgan fingerprint density at radius 1 is 1.29 bits per heavy atom. The van der Waals surface area contributed by atoms with Gasteiger partial charge in [0.2, 0.25) is 0 Å². The molecule has 2 heterocycles. The smallest absolute Gasteiger partial charge is 0.186 e. The van der Waals surface area contributed by atoms with E-state index in [1.54, 1.807) is 12.1 Å². The second kappa shape index (κ2) is 6.45. The highest BCUT2D eigenvalue weighted by atomic mass is 35.5. The number of benzene rings is 2. The summed E-state index contributed by atoms with van der Waals surface area (Å²) in [7, 11) is 0. The summed E-state index contributed by atoms with van der Waals surface area (Å²) in [5.41, 5.74) is 5.39. The molecule has 7 heteroatoms. The van der Waals surface area contributed by atoms with Gasteiger partial charge in [0.25, 0.3) is 0 Å². The predicted octanol–water partition coefficient (Wildman–Crippen LogP) is 4.00. The van der Waals surface area contributed by atoms with Crippen LogP contribution in [0.3, 0.4) is 0 Å². The monoisotopic (exact) mass is 360 g/mol. The molecule has 1 fully saturated rings. The topological polar surface area (TPSA) is 40.0 Å². The largest absolute Gasteiger partial charge is 0.274 e. The first-order chi connectivity index (χ1) is 11.7. The summed E-state index contributed by atoms with van der Waals surface area (Å²) >= 11 is 7.32. The first kappa shape index (κ1) is 15.5. The molecule has 122 valence electrons. The van der Waals surface area contributed by atoms with E-state index in [2.05, 4.69) is 32.6 Å². The molecule has 2 aromatic carbocycles. The van der Waals surface area contributed by atoms with E-state index in [1.807, 2.05) is 18.2 Å². The normalized spacial score (nSPS) is 20.9. The Bertz CT molecular complexity index is 825. The van der Waals surface area contributed by atoms with E-state index >= 15 is 0 Å². The zero-order valence-corrected chi connectivity index (χ0v) is 14.2. The minimum absolute atomic E-state index is 0.119. The molecular weight excluding hydrogens is 347 g/mol. The Morgan fingerprint density at radius 2 is 2.12 bits per heavy atom. The van der Waals surface area contributed by atoms with Gasteiger partial charge >= 0.3 is 0 Å². The average Bonchev–Trinajstić information content (AvgIpc) is 3.17. The minimum Gasteiger partial charge on any atom is -0.274 e. The molecular formula is C17H14ClFN4S. The summed E-state index contributed by atoms with van der Waals surface area (Å²) in [4.78, 5) is 9.12. The molecule has 4 nitrogen and oxygen atoms in total. The molecule has 0 saturated carbocycles. The van der Waals surface area contributed by atoms with Gasteiger partial charge in [-0.25, -0.2) is 4.39 Å². The highest BCUT2D eigenvalue weighted by molar-refractivity contribution is 8.26. The lowest BCUT2D eigenvalue weighted by atomic mass is 10.1. The van der Waals surface area contributed by atoms with Gasteiger partial charge in [0.1, 0.15) is 5.82 Å². The number of rotatable bonds is 3. The minimum atomic E-state index is -0.415. The lowest BCUT2D eigenvalue weighted by Crippen LogP contribution is -2.37. The van der Waals surface area contributed by atoms with Crippen LogP contribution in [0.25, 0.3) is 0 Å². The molecule has 0 bridgehead atoms. The summed E-state index contributed by atoms with van der Waals surface area (Å²) in [6, 6.07) is 15.1. The number of hydrogen-bond donors (Lipinski definition) is 1. The summed E-state index contributed by atoms with van der Waals surface area (Å²) in [5, 5.41) is 3.89. The van der Waals surface area contributed by atoms with Crippen LogP contribution in [0.5, 0.6) is 0 Å². The lowest BCUT2D eigenvalue weighted by Gasteiger charge is -2.22. The quantitative estimate of drug-likeness (QED) is 0.899. The van der Waals surface area contributed by atoms with Crippen LogP contribution in [0.15, 0.2) is 58.5 Å². The van der Waals surface area contributed by atoms with Crippen LogP contribution in [0.1, 0.15) is 17.2 Å². The summed E-state index contributed by atoms with van der Waals surface area (Å²) in [6.07, 6.45) is 0. The number of amidine groups is 2.